The molecule has 136 valence electrons. The second-order valence-electron chi connectivity index (χ2n) is 5.58. The van der Waals surface area contributed by atoms with E-state index in [1.165, 1.54) is 24.1 Å². The highest BCUT2D eigenvalue weighted by atomic mass is 19.1. The van der Waals surface area contributed by atoms with Gasteiger partial charge in [0.2, 0.25) is 0 Å². The SMILES string of the molecule is COCCOc1ccc(NC(=O)N(C)Cc2c(C)noc2C)cc1F. The number of anilines is 1. The Labute approximate surface area is 145 Å². The molecule has 0 radical (unpaired) electrons. The van der Waals surface area contributed by atoms with Crippen LogP contribution in [0.1, 0.15) is 17.0 Å². The summed E-state index contributed by atoms with van der Waals surface area (Å²) in [5.41, 5.74) is 1.93. The molecule has 1 heterocycles. The van der Waals surface area contributed by atoms with Crippen molar-refractivity contribution in [3.63, 3.8) is 0 Å². The third-order valence-corrected chi connectivity index (χ3v) is 3.65. The second kappa shape index (κ2) is 8.48. The maximum atomic E-state index is 14.0. The van der Waals surface area contributed by atoms with Crippen LogP contribution in [0, 0.1) is 19.7 Å². The largest absolute Gasteiger partial charge is 0.488 e. The lowest BCUT2D eigenvalue weighted by Crippen LogP contribution is -2.31. The maximum Gasteiger partial charge on any atom is 0.321 e. The Morgan fingerprint density at radius 3 is 2.72 bits per heavy atom. The Morgan fingerprint density at radius 1 is 1.36 bits per heavy atom. The molecular weight excluding hydrogens is 329 g/mol. The number of rotatable bonds is 7. The molecule has 0 bridgehead atoms. The van der Waals surface area contributed by atoms with Crippen LogP contribution in [0.3, 0.4) is 0 Å². The smallest absolute Gasteiger partial charge is 0.321 e. The van der Waals surface area contributed by atoms with Crippen LogP contribution in [-0.4, -0.2) is 43.5 Å². The van der Waals surface area contributed by atoms with Gasteiger partial charge in [-0.15, -0.1) is 0 Å². The summed E-state index contributed by atoms with van der Waals surface area (Å²) in [6.07, 6.45) is 0. The van der Waals surface area contributed by atoms with Gasteiger partial charge in [0, 0.05) is 31.5 Å². The number of hydrogen-bond acceptors (Lipinski definition) is 5. The van der Waals surface area contributed by atoms with Gasteiger partial charge in [-0.1, -0.05) is 5.16 Å². The summed E-state index contributed by atoms with van der Waals surface area (Å²) < 4.78 is 29.2. The molecule has 2 amide bonds. The molecule has 1 N–H and O–H groups in total. The number of halogens is 1. The minimum absolute atomic E-state index is 0.110. The molecule has 8 heteroatoms. The molecular formula is C17H22FN3O4. The van der Waals surface area contributed by atoms with Gasteiger partial charge in [-0.2, -0.15) is 0 Å². The van der Waals surface area contributed by atoms with E-state index in [9.17, 15) is 9.18 Å². The Balaban J connectivity index is 1.96. The fourth-order valence-electron chi connectivity index (χ4n) is 2.19. The Morgan fingerprint density at radius 2 is 2.12 bits per heavy atom. The van der Waals surface area contributed by atoms with E-state index in [1.54, 1.807) is 20.0 Å². The lowest BCUT2D eigenvalue weighted by molar-refractivity contribution is 0.144. The molecule has 0 aliphatic heterocycles. The first-order chi connectivity index (χ1) is 11.9. The highest BCUT2D eigenvalue weighted by Gasteiger charge is 2.16. The van der Waals surface area contributed by atoms with Gasteiger partial charge >= 0.3 is 6.03 Å². The zero-order chi connectivity index (χ0) is 18.4. The van der Waals surface area contributed by atoms with Crippen LogP contribution in [-0.2, 0) is 11.3 Å². The normalized spacial score (nSPS) is 10.6. The van der Waals surface area contributed by atoms with Crippen LogP contribution < -0.4 is 10.1 Å². The minimum Gasteiger partial charge on any atom is -0.488 e. The summed E-state index contributed by atoms with van der Waals surface area (Å²) in [7, 11) is 3.18. The Kier molecular flexibility index (Phi) is 6.35. The molecule has 0 aliphatic rings. The molecule has 0 unspecified atom stereocenters. The van der Waals surface area contributed by atoms with Crippen molar-refractivity contribution in [3.8, 4) is 5.75 Å². The Bertz CT molecular complexity index is 713. The summed E-state index contributed by atoms with van der Waals surface area (Å²) in [5, 5.41) is 6.50. The van der Waals surface area contributed by atoms with Crippen LogP contribution in [0.5, 0.6) is 5.75 Å². The highest BCUT2D eigenvalue weighted by Crippen LogP contribution is 2.22. The molecule has 1 aromatic carbocycles. The van der Waals surface area contributed by atoms with Gasteiger partial charge in [-0.3, -0.25) is 0 Å². The van der Waals surface area contributed by atoms with E-state index in [4.69, 9.17) is 14.0 Å². The van der Waals surface area contributed by atoms with E-state index in [1.807, 2.05) is 6.92 Å². The van der Waals surface area contributed by atoms with E-state index in [0.717, 1.165) is 11.3 Å². The maximum absolute atomic E-state index is 14.0. The molecule has 0 saturated carbocycles. The van der Waals surface area contributed by atoms with E-state index < -0.39 is 5.82 Å². The van der Waals surface area contributed by atoms with Crippen molar-refractivity contribution < 1.29 is 23.2 Å². The van der Waals surface area contributed by atoms with Gasteiger partial charge in [-0.25, -0.2) is 9.18 Å². The van der Waals surface area contributed by atoms with Crippen molar-refractivity contribution in [2.75, 3.05) is 32.7 Å². The molecule has 7 nitrogen and oxygen atoms in total. The van der Waals surface area contributed by atoms with Crippen molar-refractivity contribution in [2.45, 2.75) is 20.4 Å². The van der Waals surface area contributed by atoms with Gasteiger partial charge in [0.25, 0.3) is 0 Å². The summed E-state index contributed by atoms with van der Waals surface area (Å²) >= 11 is 0. The number of benzene rings is 1. The number of nitrogens with zero attached hydrogens (tertiary/aromatic N) is 2. The number of nitrogens with one attached hydrogen (secondary N) is 1. The molecule has 0 saturated heterocycles. The lowest BCUT2D eigenvalue weighted by Gasteiger charge is -2.18. The standard InChI is InChI=1S/C17H22FN3O4/c1-11-14(12(2)25-20-11)10-21(3)17(22)19-13-5-6-16(15(18)9-13)24-8-7-23-4/h5-6,9H,7-8,10H2,1-4H3,(H,19,22). The number of carbonyl (C=O) groups is 1. The number of aromatic nitrogens is 1. The first kappa shape index (κ1) is 18.7. The second-order valence-corrected chi connectivity index (χ2v) is 5.58. The minimum atomic E-state index is -0.553. The zero-order valence-electron chi connectivity index (χ0n) is 14.8. The zero-order valence-corrected chi connectivity index (χ0v) is 14.8. The number of hydrogen-bond donors (Lipinski definition) is 1. The fraction of sp³-hybridized carbons (Fsp3) is 0.412. The first-order valence-corrected chi connectivity index (χ1v) is 7.77. The van der Waals surface area contributed by atoms with E-state index in [-0.39, 0.29) is 18.4 Å². The van der Waals surface area contributed by atoms with Gasteiger partial charge in [0.15, 0.2) is 11.6 Å². The van der Waals surface area contributed by atoms with E-state index >= 15 is 0 Å². The number of carbonyl (C=O) groups excluding carboxylic acids is 1. The average molecular weight is 351 g/mol. The molecule has 0 fully saturated rings. The predicted molar refractivity (Wildman–Crippen MR) is 90.2 cm³/mol. The molecule has 0 aliphatic carbocycles. The summed E-state index contributed by atoms with van der Waals surface area (Å²) in [5.74, 6) is 0.224. The molecule has 25 heavy (non-hydrogen) atoms. The number of methoxy groups -OCH3 is 1. The molecule has 0 spiro atoms. The Hall–Kier alpha value is -2.61. The highest BCUT2D eigenvalue weighted by molar-refractivity contribution is 5.89. The average Bonchev–Trinajstić information content (AvgIpc) is 2.89. The first-order valence-electron chi connectivity index (χ1n) is 7.77. The van der Waals surface area contributed by atoms with Gasteiger partial charge in [0.1, 0.15) is 12.4 Å². The summed E-state index contributed by atoms with van der Waals surface area (Å²) in [6, 6.07) is 3.89. The van der Waals surface area contributed by atoms with Crippen LogP contribution >= 0.6 is 0 Å². The van der Waals surface area contributed by atoms with Crippen molar-refractivity contribution in [1.29, 1.82) is 0 Å². The van der Waals surface area contributed by atoms with Gasteiger partial charge in [0.05, 0.1) is 18.8 Å². The van der Waals surface area contributed by atoms with Crippen LogP contribution in [0.4, 0.5) is 14.9 Å². The number of ether oxygens (including phenoxy) is 2. The lowest BCUT2D eigenvalue weighted by atomic mass is 10.2. The van der Waals surface area contributed by atoms with Crippen LogP contribution in [0.25, 0.3) is 0 Å². The number of amides is 2. The third kappa shape index (κ3) is 4.93. The third-order valence-electron chi connectivity index (χ3n) is 3.65. The monoisotopic (exact) mass is 351 g/mol. The topological polar surface area (TPSA) is 76.8 Å². The van der Waals surface area contributed by atoms with Crippen molar-refractivity contribution in [1.82, 2.24) is 10.1 Å². The number of aryl methyl sites for hydroxylation is 2. The van der Waals surface area contributed by atoms with Gasteiger partial charge < -0.3 is 24.2 Å². The van der Waals surface area contributed by atoms with Crippen LogP contribution in [0.15, 0.2) is 22.7 Å². The molecule has 2 rings (SSSR count). The van der Waals surface area contributed by atoms with Crippen molar-refractivity contribution >= 4 is 11.7 Å². The van der Waals surface area contributed by atoms with E-state index in [2.05, 4.69) is 10.5 Å². The van der Waals surface area contributed by atoms with Crippen molar-refractivity contribution in [2.24, 2.45) is 0 Å². The fourth-order valence-corrected chi connectivity index (χ4v) is 2.19. The summed E-state index contributed by atoms with van der Waals surface area (Å²) in [4.78, 5) is 13.7. The van der Waals surface area contributed by atoms with Gasteiger partial charge in [-0.05, 0) is 26.0 Å². The van der Waals surface area contributed by atoms with Crippen molar-refractivity contribution in [3.05, 3.63) is 41.0 Å². The molecule has 0 atom stereocenters. The quantitative estimate of drug-likeness (QED) is 0.776. The molecule has 2 aromatic rings. The molecule has 1 aromatic heterocycles. The van der Waals surface area contributed by atoms with Crippen LogP contribution in [0.2, 0.25) is 0 Å². The number of urea groups is 1. The predicted octanol–water partition coefficient (Wildman–Crippen LogP) is 3.12. The van der Waals surface area contributed by atoms with E-state index in [0.29, 0.717) is 24.6 Å². The summed E-state index contributed by atoms with van der Waals surface area (Å²) in [6.45, 7) is 4.56.